The van der Waals surface area contributed by atoms with Crippen molar-refractivity contribution in [3.63, 3.8) is 0 Å². The molecular weight excluding hydrogens is 396 g/mol. The lowest BCUT2D eigenvalue weighted by molar-refractivity contribution is -0.133. The summed E-state index contributed by atoms with van der Waals surface area (Å²) in [6, 6.07) is 5.27. The van der Waals surface area contributed by atoms with Crippen molar-refractivity contribution in [1.29, 1.82) is 0 Å². The maximum Gasteiger partial charge on any atom is 0.243 e. The normalized spacial score (nSPS) is 12.7. The van der Waals surface area contributed by atoms with Crippen LogP contribution in [-0.4, -0.2) is 52.8 Å². The molecule has 0 aliphatic carbocycles. The minimum Gasteiger partial charge on any atom is -0.486 e. The molecule has 2 amide bonds. The molecule has 168 valence electrons. The van der Waals surface area contributed by atoms with E-state index >= 15 is 0 Å². The SMILES string of the molecule is CCN(CC(=O)Nc1ccc2c(c1)OCCO2)C(=O)Cc1c(C)nn(CC(C)C)c1C. The Hall–Kier alpha value is -3.03. The standard InChI is InChI=1S/C23H32N4O4/c1-6-26(23(29)12-19-16(4)25-27(17(19)5)13-15(2)3)14-22(28)24-18-7-8-20-21(11-18)31-10-9-30-20/h7-8,11,15H,6,9-10,12-14H2,1-5H3,(H,24,28). The third-order valence-electron chi connectivity index (χ3n) is 5.29. The summed E-state index contributed by atoms with van der Waals surface area (Å²) in [5.41, 5.74) is 3.43. The Balaban J connectivity index is 1.62. The highest BCUT2D eigenvalue weighted by Crippen LogP contribution is 2.32. The van der Waals surface area contributed by atoms with Crippen molar-refractivity contribution >= 4 is 17.5 Å². The highest BCUT2D eigenvalue weighted by molar-refractivity contribution is 5.95. The summed E-state index contributed by atoms with van der Waals surface area (Å²) in [6.45, 7) is 12.3. The average molecular weight is 429 g/mol. The number of fused-ring (bicyclic) bond motifs is 1. The van der Waals surface area contributed by atoms with Crippen LogP contribution in [0.3, 0.4) is 0 Å². The Bertz CT molecular complexity index is 951. The van der Waals surface area contributed by atoms with Gasteiger partial charge in [0.05, 0.1) is 18.7 Å². The van der Waals surface area contributed by atoms with Gasteiger partial charge in [0, 0.05) is 36.1 Å². The zero-order valence-corrected chi connectivity index (χ0v) is 19.0. The minimum atomic E-state index is -0.254. The molecule has 2 heterocycles. The van der Waals surface area contributed by atoms with E-state index in [2.05, 4.69) is 24.3 Å². The summed E-state index contributed by atoms with van der Waals surface area (Å²) in [6.07, 6.45) is 0.237. The summed E-state index contributed by atoms with van der Waals surface area (Å²) in [5.74, 6) is 1.40. The van der Waals surface area contributed by atoms with Crippen LogP contribution in [0.5, 0.6) is 11.5 Å². The molecule has 2 aromatic rings. The van der Waals surface area contributed by atoms with Gasteiger partial charge in [-0.15, -0.1) is 0 Å². The Labute approximate surface area is 183 Å². The van der Waals surface area contributed by atoms with Crippen LogP contribution in [0.2, 0.25) is 0 Å². The van der Waals surface area contributed by atoms with Gasteiger partial charge in [-0.3, -0.25) is 14.3 Å². The number of aryl methyl sites for hydroxylation is 1. The molecule has 0 saturated carbocycles. The van der Waals surface area contributed by atoms with Crippen molar-refractivity contribution in [2.75, 3.05) is 31.6 Å². The maximum absolute atomic E-state index is 12.9. The fourth-order valence-electron chi connectivity index (χ4n) is 3.65. The van der Waals surface area contributed by atoms with Crippen LogP contribution < -0.4 is 14.8 Å². The number of benzene rings is 1. The number of carbonyl (C=O) groups excluding carboxylic acids is 2. The molecule has 1 aliphatic heterocycles. The number of likely N-dealkylation sites (N-methyl/N-ethyl adjacent to an activating group) is 1. The van der Waals surface area contributed by atoms with Crippen LogP contribution >= 0.6 is 0 Å². The average Bonchev–Trinajstić information content (AvgIpc) is 2.98. The number of anilines is 1. The van der Waals surface area contributed by atoms with Gasteiger partial charge in [-0.25, -0.2) is 0 Å². The van der Waals surface area contributed by atoms with Crippen molar-refractivity contribution in [3.05, 3.63) is 35.2 Å². The van der Waals surface area contributed by atoms with Crippen LogP contribution in [-0.2, 0) is 22.6 Å². The fraction of sp³-hybridized carbons (Fsp3) is 0.522. The molecule has 1 aliphatic rings. The predicted octanol–water partition coefficient (Wildman–Crippen LogP) is 2.96. The minimum absolute atomic E-state index is 0.0119. The molecule has 3 rings (SSSR count). The van der Waals surface area contributed by atoms with Crippen molar-refractivity contribution in [2.24, 2.45) is 5.92 Å². The molecule has 0 radical (unpaired) electrons. The van der Waals surface area contributed by atoms with Crippen LogP contribution in [0.1, 0.15) is 37.7 Å². The van der Waals surface area contributed by atoms with E-state index in [1.54, 1.807) is 23.1 Å². The Morgan fingerprint density at radius 1 is 1.19 bits per heavy atom. The second-order valence-electron chi connectivity index (χ2n) is 8.22. The zero-order chi connectivity index (χ0) is 22.5. The molecule has 31 heavy (non-hydrogen) atoms. The molecule has 0 bridgehead atoms. The zero-order valence-electron chi connectivity index (χ0n) is 19.0. The van der Waals surface area contributed by atoms with E-state index in [9.17, 15) is 9.59 Å². The van der Waals surface area contributed by atoms with E-state index in [1.807, 2.05) is 25.5 Å². The molecule has 0 fully saturated rings. The second-order valence-corrected chi connectivity index (χ2v) is 8.22. The monoisotopic (exact) mass is 428 g/mol. The molecule has 1 N–H and O–H groups in total. The smallest absolute Gasteiger partial charge is 0.243 e. The summed E-state index contributed by atoms with van der Waals surface area (Å²) in [7, 11) is 0. The second kappa shape index (κ2) is 9.85. The highest BCUT2D eigenvalue weighted by Gasteiger charge is 2.21. The van der Waals surface area contributed by atoms with Gasteiger partial charge in [-0.2, -0.15) is 5.10 Å². The van der Waals surface area contributed by atoms with Gasteiger partial charge in [0.2, 0.25) is 11.8 Å². The van der Waals surface area contributed by atoms with Crippen LogP contribution in [0.15, 0.2) is 18.2 Å². The number of rotatable bonds is 8. The largest absolute Gasteiger partial charge is 0.486 e. The van der Waals surface area contributed by atoms with Gasteiger partial charge in [0.25, 0.3) is 0 Å². The number of hydrogen-bond donors (Lipinski definition) is 1. The first-order chi connectivity index (χ1) is 14.8. The van der Waals surface area contributed by atoms with Gasteiger partial charge < -0.3 is 19.7 Å². The summed E-state index contributed by atoms with van der Waals surface area (Å²) < 4.78 is 13.0. The first-order valence-electron chi connectivity index (χ1n) is 10.8. The Morgan fingerprint density at radius 3 is 2.58 bits per heavy atom. The third-order valence-corrected chi connectivity index (χ3v) is 5.29. The quantitative estimate of drug-likeness (QED) is 0.699. The van der Waals surface area contributed by atoms with Crippen molar-refractivity contribution < 1.29 is 19.1 Å². The van der Waals surface area contributed by atoms with E-state index < -0.39 is 0 Å². The van der Waals surface area contributed by atoms with E-state index in [1.165, 1.54) is 0 Å². The summed E-state index contributed by atoms with van der Waals surface area (Å²) in [5, 5.41) is 7.42. The van der Waals surface area contributed by atoms with Crippen LogP contribution in [0.25, 0.3) is 0 Å². The first kappa shape index (κ1) is 22.7. The molecular formula is C23H32N4O4. The summed E-state index contributed by atoms with van der Waals surface area (Å²) >= 11 is 0. The molecule has 1 aromatic heterocycles. The lowest BCUT2D eigenvalue weighted by Gasteiger charge is -2.21. The molecule has 0 spiro atoms. The molecule has 8 nitrogen and oxygen atoms in total. The molecule has 1 aromatic carbocycles. The number of nitrogens with zero attached hydrogens (tertiary/aromatic N) is 3. The van der Waals surface area contributed by atoms with Gasteiger partial charge in [-0.05, 0) is 38.8 Å². The van der Waals surface area contributed by atoms with E-state index in [4.69, 9.17) is 9.47 Å². The molecule has 8 heteroatoms. The van der Waals surface area contributed by atoms with Gasteiger partial charge in [0.15, 0.2) is 11.5 Å². The topological polar surface area (TPSA) is 85.7 Å². The van der Waals surface area contributed by atoms with Crippen LogP contribution in [0.4, 0.5) is 5.69 Å². The number of amides is 2. The predicted molar refractivity (Wildman–Crippen MR) is 119 cm³/mol. The number of nitrogens with one attached hydrogen (secondary N) is 1. The fourth-order valence-corrected chi connectivity index (χ4v) is 3.65. The van der Waals surface area contributed by atoms with E-state index in [0.717, 1.165) is 23.5 Å². The Kier molecular flexibility index (Phi) is 7.20. The van der Waals surface area contributed by atoms with Crippen molar-refractivity contribution in [1.82, 2.24) is 14.7 Å². The number of aromatic nitrogens is 2. The van der Waals surface area contributed by atoms with Crippen LogP contribution in [0, 0.1) is 19.8 Å². The lowest BCUT2D eigenvalue weighted by Crippen LogP contribution is -2.38. The molecule has 0 atom stereocenters. The maximum atomic E-state index is 12.9. The van der Waals surface area contributed by atoms with Crippen molar-refractivity contribution in [2.45, 2.75) is 47.6 Å². The number of ether oxygens (including phenoxy) is 2. The molecule has 0 unspecified atom stereocenters. The number of carbonyl (C=O) groups is 2. The van der Waals surface area contributed by atoms with E-state index in [-0.39, 0.29) is 24.8 Å². The van der Waals surface area contributed by atoms with Gasteiger partial charge >= 0.3 is 0 Å². The Morgan fingerprint density at radius 2 is 1.90 bits per heavy atom. The van der Waals surface area contributed by atoms with E-state index in [0.29, 0.717) is 42.9 Å². The third kappa shape index (κ3) is 5.57. The van der Waals surface area contributed by atoms with Gasteiger partial charge in [0.1, 0.15) is 13.2 Å². The highest BCUT2D eigenvalue weighted by atomic mass is 16.6. The van der Waals surface area contributed by atoms with Gasteiger partial charge in [-0.1, -0.05) is 13.8 Å². The van der Waals surface area contributed by atoms with Crippen molar-refractivity contribution in [3.8, 4) is 11.5 Å². The lowest BCUT2D eigenvalue weighted by atomic mass is 10.1. The number of hydrogen-bond acceptors (Lipinski definition) is 5. The summed E-state index contributed by atoms with van der Waals surface area (Å²) in [4.78, 5) is 27.1. The first-order valence-corrected chi connectivity index (χ1v) is 10.8. The molecule has 0 saturated heterocycles.